The molecule has 2 N–H and O–H groups in total. The van der Waals surface area contributed by atoms with E-state index in [4.69, 9.17) is 0 Å². The molecule has 1 aromatic rings. The number of aliphatic hydroxyl groups excluding tert-OH is 1. The van der Waals surface area contributed by atoms with Crippen LogP contribution in [0.3, 0.4) is 0 Å². The molecule has 2 aliphatic carbocycles. The van der Waals surface area contributed by atoms with Gasteiger partial charge in [0.05, 0.1) is 12.1 Å². The van der Waals surface area contributed by atoms with Crippen molar-refractivity contribution in [1.29, 1.82) is 0 Å². The van der Waals surface area contributed by atoms with Crippen LogP contribution in [-0.4, -0.2) is 21.0 Å². The van der Waals surface area contributed by atoms with Gasteiger partial charge in [-0.25, -0.2) is 4.68 Å². The fraction of sp³-hybridized carbons (Fsp3) is 0.727. The largest absolute Gasteiger partial charge is 0.391 e. The summed E-state index contributed by atoms with van der Waals surface area (Å²) < 4.78 is 1.63. The molecule has 0 spiro atoms. The number of aromatic nitrogens is 2. The molecule has 0 radical (unpaired) electrons. The molecule has 3 rings (SSSR count). The average Bonchev–Trinajstić information content (AvgIpc) is 2.87. The molecule has 82 valence electrons. The molecule has 0 bridgehead atoms. The minimum atomic E-state index is -0.353. The van der Waals surface area contributed by atoms with Gasteiger partial charge in [-0.1, -0.05) is 0 Å². The summed E-state index contributed by atoms with van der Waals surface area (Å²) in [6.07, 6.45) is 4.75. The van der Waals surface area contributed by atoms with Gasteiger partial charge >= 0.3 is 0 Å². The normalized spacial score (nSPS) is 31.0. The Labute approximate surface area is 87.9 Å². The van der Waals surface area contributed by atoms with Crippen LogP contribution in [-0.2, 0) is 0 Å². The van der Waals surface area contributed by atoms with Crippen molar-refractivity contribution >= 4 is 0 Å². The number of H-pyrrole nitrogens is 1. The van der Waals surface area contributed by atoms with Crippen molar-refractivity contribution in [2.24, 2.45) is 0 Å². The van der Waals surface area contributed by atoms with Crippen molar-refractivity contribution in [1.82, 2.24) is 9.78 Å². The van der Waals surface area contributed by atoms with Gasteiger partial charge in [0, 0.05) is 17.7 Å². The zero-order valence-electron chi connectivity index (χ0n) is 8.65. The molecular formula is C11H16N2O2. The van der Waals surface area contributed by atoms with Crippen LogP contribution >= 0.6 is 0 Å². The van der Waals surface area contributed by atoms with Gasteiger partial charge in [0.2, 0.25) is 0 Å². The molecular weight excluding hydrogens is 192 g/mol. The van der Waals surface area contributed by atoms with Crippen molar-refractivity contribution in [3.63, 3.8) is 0 Å². The highest BCUT2D eigenvalue weighted by Crippen LogP contribution is 2.39. The Hall–Kier alpha value is -1.03. The minimum Gasteiger partial charge on any atom is -0.391 e. The summed E-state index contributed by atoms with van der Waals surface area (Å²) in [6.45, 7) is 0. The highest BCUT2D eigenvalue weighted by atomic mass is 16.3. The maximum atomic E-state index is 11.7. The number of hydrogen-bond donors (Lipinski definition) is 2. The molecule has 0 aromatic carbocycles. The van der Waals surface area contributed by atoms with Crippen molar-refractivity contribution < 1.29 is 5.11 Å². The van der Waals surface area contributed by atoms with E-state index in [1.807, 2.05) is 0 Å². The second-order valence-electron chi connectivity index (χ2n) is 4.76. The molecule has 0 saturated heterocycles. The molecule has 2 saturated carbocycles. The number of nitrogens with one attached hydrogen (secondary N) is 1. The van der Waals surface area contributed by atoms with Crippen LogP contribution in [0, 0.1) is 0 Å². The summed E-state index contributed by atoms with van der Waals surface area (Å²) in [5.74, 6) is 0.567. The first-order chi connectivity index (χ1) is 7.25. The molecule has 4 heteroatoms. The summed E-state index contributed by atoms with van der Waals surface area (Å²) in [4.78, 5) is 11.7. The molecule has 0 amide bonds. The van der Waals surface area contributed by atoms with Gasteiger partial charge in [-0.05, 0) is 32.1 Å². The summed E-state index contributed by atoms with van der Waals surface area (Å²) in [7, 11) is 0. The van der Waals surface area contributed by atoms with E-state index in [0.717, 1.165) is 25.0 Å². The number of rotatable bonds is 2. The molecule has 1 aromatic heterocycles. The van der Waals surface area contributed by atoms with Crippen LogP contribution < -0.4 is 5.56 Å². The van der Waals surface area contributed by atoms with Gasteiger partial charge < -0.3 is 5.11 Å². The molecule has 4 nitrogen and oxygen atoms in total. The van der Waals surface area contributed by atoms with Crippen LogP contribution in [0.2, 0.25) is 0 Å². The van der Waals surface area contributed by atoms with E-state index in [0.29, 0.717) is 5.92 Å². The predicted octanol–water partition coefficient (Wildman–Crippen LogP) is 1.14. The number of aliphatic hydroxyl groups is 1. The van der Waals surface area contributed by atoms with Crippen molar-refractivity contribution in [3.05, 3.63) is 22.1 Å². The first kappa shape index (κ1) is 9.21. The average molecular weight is 208 g/mol. The summed E-state index contributed by atoms with van der Waals surface area (Å²) >= 11 is 0. The maximum absolute atomic E-state index is 11.7. The second-order valence-corrected chi connectivity index (χ2v) is 4.76. The Morgan fingerprint density at radius 2 is 2.13 bits per heavy atom. The SMILES string of the molecule is O=c1cc(C2CC2)[nH]n1C1CCCC1O. The zero-order valence-corrected chi connectivity index (χ0v) is 8.65. The van der Waals surface area contributed by atoms with Crippen molar-refractivity contribution in [2.45, 2.75) is 50.2 Å². The highest BCUT2D eigenvalue weighted by Gasteiger charge is 2.31. The second kappa shape index (κ2) is 3.23. The first-order valence-corrected chi connectivity index (χ1v) is 5.75. The lowest BCUT2D eigenvalue weighted by Gasteiger charge is -2.14. The molecule has 0 aliphatic heterocycles. The van der Waals surface area contributed by atoms with Gasteiger partial charge in [-0.3, -0.25) is 9.89 Å². The van der Waals surface area contributed by atoms with E-state index >= 15 is 0 Å². The standard InChI is InChI=1S/C11H16N2O2/c14-10-3-1-2-9(10)13-11(15)6-8(12-13)7-4-5-7/h6-7,9-10,12,14H,1-5H2. The third-order valence-corrected chi connectivity index (χ3v) is 3.56. The monoisotopic (exact) mass is 208 g/mol. The van der Waals surface area contributed by atoms with Gasteiger partial charge in [-0.2, -0.15) is 0 Å². The van der Waals surface area contributed by atoms with E-state index < -0.39 is 0 Å². The smallest absolute Gasteiger partial charge is 0.267 e. The maximum Gasteiger partial charge on any atom is 0.267 e. The van der Waals surface area contributed by atoms with Crippen LogP contribution in [0.1, 0.15) is 49.8 Å². The number of aromatic amines is 1. The quantitative estimate of drug-likeness (QED) is 0.765. The van der Waals surface area contributed by atoms with E-state index in [2.05, 4.69) is 5.10 Å². The number of hydrogen-bond acceptors (Lipinski definition) is 2. The molecule has 2 atom stereocenters. The van der Waals surface area contributed by atoms with Crippen molar-refractivity contribution in [3.8, 4) is 0 Å². The molecule has 2 fully saturated rings. The third kappa shape index (κ3) is 1.53. The Morgan fingerprint density at radius 1 is 1.33 bits per heavy atom. The lowest BCUT2D eigenvalue weighted by atomic mass is 10.2. The van der Waals surface area contributed by atoms with Crippen LogP contribution in [0.5, 0.6) is 0 Å². The summed E-state index contributed by atoms with van der Waals surface area (Å²) in [5, 5.41) is 12.9. The first-order valence-electron chi connectivity index (χ1n) is 5.75. The Morgan fingerprint density at radius 3 is 2.73 bits per heavy atom. The van der Waals surface area contributed by atoms with Gasteiger partial charge in [0.1, 0.15) is 0 Å². The Kier molecular flexibility index (Phi) is 1.99. The van der Waals surface area contributed by atoms with E-state index in [1.165, 1.54) is 12.8 Å². The number of nitrogens with zero attached hydrogens (tertiary/aromatic N) is 1. The lowest BCUT2D eigenvalue weighted by molar-refractivity contribution is 0.128. The molecule has 1 heterocycles. The van der Waals surface area contributed by atoms with Crippen LogP contribution in [0.4, 0.5) is 0 Å². The fourth-order valence-corrected chi connectivity index (χ4v) is 2.50. The molecule has 2 aliphatic rings. The minimum absolute atomic E-state index is 0.0165. The zero-order chi connectivity index (χ0) is 10.4. The van der Waals surface area contributed by atoms with E-state index in [1.54, 1.807) is 10.7 Å². The highest BCUT2D eigenvalue weighted by molar-refractivity contribution is 5.13. The predicted molar refractivity (Wildman–Crippen MR) is 55.9 cm³/mol. The van der Waals surface area contributed by atoms with Gasteiger partial charge in [-0.15, -0.1) is 0 Å². The fourth-order valence-electron chi connectivity index (χ4n) is 2.50. The lowest BCUT2D eigenvalue weighted by Crippen LogP contribution is -2.27. The molecule has 2 unspecified atom stereocenters. The van der Waals surface area contributed by atoms with Crippen LogP contribution in [0.15, 0.2) is 10.9 Å². The molecule has 15 heavy (non-hydrogen) atoms. The topological polar surface area (TPSA) is 58.0 Å². The Bertz CT molecular complexity index is 416. The Balaban J connectivity index is 1.93. The summed E-state index contributed by atoms with van der Waals surface area (Å²) in [6, 6.07) is 1.67. The van der Waals surface area contributed by atoms with Gasteiger partial charge in [0.25, 0.3) is 5.56 Å². The van der Waals surface area contributed by atoms with Crippen molar-refractivity contribution in [2.75, 3.05) is 0 Å². The third-order valence-electron chi connectivity index (χ3n) is 3.56. The van der Waals surface area contributed by atoms with Gasteiger partial charge in [0.15, 0.2) is 0 Å². The van der Waals surface area contributed by atoms with E-state index in [9.17, 15) is 9.90 Å². The summed E-state index contributed by atoms with van der Waals surface area (Å²) in [5.41, 5.74) is 1.07. The van der Waals surface area contributed by atoms with Crippen LogP contribution in [0.25, 0.3) is 0 Å². The van der Waals surface area contributed by atoms with E-state index in [-0.39, 0.29) is 17.7 Å².